The number of carbonyl (C=O) groups excluding carboxylic acids is 1. The van der Waals surface area contributed by atoms with Crippen LogP contribution in [0.5, 0.6) is 0 Å². The second-order valence-electron chi connectivity index (χ2n) is 3.77. The summed E-state index contributed by atoms with van der Waals surface area (Å²) in [6.07, 6.45) is 0.835. The Balaban J connectivity index is 2.85. The summed E-state index contributed by atoms with van der Waals surface area (Å²) in [6.45, 7) is 6.01. The highest BCUT2D eigenvalue weighted by molar-refractivity contribution is 7.19. The van der Waals surface area contributed by atoms with Crippen LogP contribution in [0.2, 0.25) is 0 Å². The van der Waals surface area contributed by atoms with E-state index in [1.54, 1.807) is 0 Å². The lowest BCUT2D eigenvalue weighted by atomic mass is 10.1. The standard InChI is InChI=1S/C12H18NOP/c1-4-10(15)12(14)13-11-8(2)6-5-7-9(11)3/h5-7,10H,4,15H2,1-3H3,(H,13,14). The van der Waals surface area contributed by atoms with Crippen molar-refractivity contribution in [2.45, 2.75) is 32.9 Å². The molecule has 0 saturated carbocycles. The molecule has 0 fully saturated rings. The second kappa shape index (κ2) is 5.27. The number of benzene rings is 1. The Morgan fingerprint density at radius 2 is 1.93 bits per heavy atom. The summed E-state index contributed by atoms with van der Waals surface area (Å²) in [6, 6.07) is 6.01. The molecule has 3 heteroatoms. The van der Waals surface area contributed by atoms with E-state index in [9.17, 15) is 4.79 Å². The van der Waals surface area contributed by atoms with Crippen LogP contribution in [0.25, 0.3) is 0 Å². The maximum atomic E-state index is 11.7. The van der Waals surface area contributed by atoms with Gasteiger partial charge in [0.05, 0.1) is 5.66 Å². The summed E-state index contributed by atoms with van der Waals surface area (Å²) < 4.78 is 0. The van der Waals surface area contributed by atoms with Gasteiger partial charge in [0, 0.05) is 5.69 Å². The lowest BCUT2D eigenvalue weighted by molar-refractivity contribution is -0.115. The molecule has 1 aromatic rings. The minimum absolute atomic E-state index is 0.0102. The highest BCUT2D eigenvalue weighted by Crippen LogP contribution is 2.20. The molecule has 1 N–H and O–H groups in total. The number of anilines is 1. The lowest BCUT2D eigenvalue weighted by Crippen LogP contribution is -2.22. The fourth-order valence-electron chi connectivity index (χ4n) is 1.41. The highest BCUT2D eigenvalue weighted by Gasteiger charge is 2.12. The van der Waals surface area contributed by atoms with Crippen LogP contribution in [0.4, 0.5) is 5.69 Å². The molecule has 1 amide bonds. The first kappa shape index (κ1) is 12.2. The second-order valence-corrected chi connectivity index (χ2v) is 4.58. The van der Waals surface area contributed by atoms with Crippen LogP contribution in [0.1, 0.15) is 24.5 Å². The van der Waals surface area contributed by atoms with Gasteiger partial charge in [-0.15, -0.1) is 9.24 Å². The minimum Gasteiger partial charge on any atom is -0.325 e. The van der Waals surface area contributed by atoms with Crippen LogP contribution < -0.4 is 5.32 Å². The molecule has 0 heterocycles. The van der Waals surface area contributed by atoms with Gasteiger partial charge in [0.1, 0.15) is 0 Å². The maximum Gasteiger partial charge on any atom is 0.231 e. The van der Waals surface area contributed by atoms with Crippen LogP contribution in [0.15, 0.2) is 18.2 Å². The van der Waals surface area contributed by atoms with Crippen molar-refractivity contribution >= 4 is 20.8 Å². The zero-order valence-corrected chi connectivity index (χ0v) is 10.7. The number of rotatable bonds is 3. The van der Waals surface area contributed by atoms with Gasteiger partial charge in [0.25, 0.3) is 0 Å². The van der Waals surface area contributed by atoms with E-state index in [0.29, 0.717) is 0 Å². The number of para-hydroxylation sites is 1. The molecule has 0 radical (unpaired) electrons. The molecule has 0 aliphatic heterocycles. The molecular weight excluding hydrogens is 205 g/mol. The summed E-state index contributed by atoms with van der Waals surface area (Å²) in [5.74, 6) is 0.0694. The SMILES string of the molecule is CCC(P)C(=O)Nc1c(C)cccc1C. The summed E-state index contributed by atoms with van der Waals surface area (Å²) >= 11 is 0. The first-order valence-corrected chi connectivity index (χ1v) is 5.85. The molecule has 0 aliphatic carbocycles. The van der Waals surface area contributed by atoms with Gasteiger partial charge in [-0.1, -0.05) is 25.1 Å². The Kier molecular flexibility index (Phi) is 4.28. The van der Waals surface area contributed by atoms with E-state index in [1.165, 1.54) is 0 Å². The Labute approximate surface area is 93.7 Å². The molecule has 2 atom stereocenters. The predicted molar refractivity (Wildman–Crippen MR) is 68.3 cm³/mol. The molecule has 0 aromatic heterocycles. The number of nitrogens with one attached hydrogen (secondary N) is 1. The van der Waals surface area contributed by atoms with E-state index in [-0.39, 0.29) is 11.6 Å². The van der Waals surface area contributed by atoms with Crippen molar-refractivity contribution < 1.29 is 4.79 Å². The average Bonchev–Trinajstić information content (AvgIpc) is 2.22. The van der Waals surface area contributed by atoms with Crippen molar-refractivity contribution in [3.05, 3.63) is 29.3 Å². The Morgan fingerprint density at radius 1 is 1.40 bits per heavy atom. The number of amides is 1. The number of carbonyl (C=O) groups is 1. The van der Waals surface area contributed by atoms with Crippen LogP contribution >= 0.6 is 9.24 Å². The fraction of sp³-hybridized carbons (Fsp3) is 0.417. The summed E-state index contributed by atoms with van der Waals surface area (Å²) in [5, 5.41) is 2.97. The summed E-state index contributed by atoms with van der Waals surface area (Å²) in [5.41, 5.74) is 3.15. The normalized spacial score (nSPS) is 12.3. The van der Waals surface area contributed by atoms with Crippen LogP contribution in [0, 0.1) is 13.8 Å². The van der Waals surface area contributed by atoms with E-state index in [0.717, 1.165) is 23.2 Å². The first-order chi connectivity index (χ1) is 7.06. The molecule has 1 aromatic carbocycles. The van der Waals surface area contributed by atoms with Gasteiger partial charge in [-0.3, -0.25) is 4.79 Å². The van der Waals surface area contributed by atoms with Gasteiger partial charge < -0.3 is 5.32 Å². The molecule has 0 bridgehead atoms. The minimum atomic E-state index is -0.0102. The van der Waals surface area contributed by atoms with E-state index >= 15 is 0 Å². The van der Waals surface area contributed by atoms with Gasteiger partial charge >= 0.3 is 0 Å². The highest BCUT2D eigenvalue weighted by atomic mass is 31.0. The van der Waals surface area contributed by atoms with E-state index < -0.39 is 0 Å². The topological polar surface area (TPSA) is 29.1 Å². The molecule has 15 heavy (non-hydrogen) atoms. The predicted octanol–water partition coefficient (Wildman–Crippen LogP) is 2.90. The van der Waals surface area contributed by atoms with Crippen molar-refractivity contribution in [3.63, 3.8) is 0 Å². The summed E-state index contributed by atoms with van der Waals surface area (Å²) in [4.78, 5) is 11.7. The zero-order chi connectivity index (χ0) is 11.4. The molecule has 0 aliphatic rings. The van der Waals surface area contributed by atoms with Crippen molar-refractivity contribution in [1.29, 1.82) is 0 Å². The molecule has 1 rings (SSSR count). The van der Waals surface area contributed by atoms with Gasteiger partial charge in [-0.25, -0.2) is 0 Å². The van der Waals surface area contributed by atoms with Gasteiger partial charge in [-0.05, 0) is 31.4 Å². The Bertz CT molecular complexity index is 342. The molecule has 0 saturated heterocycles. The maximum absolute atomic E-state index is 11.7. The molecule has 82 valence electrons. The lowest BCUT2D eigenvalue weighted by Gasteiger charge is -2.14. The quantitative estimate of drug-likeness (QED) is 0.784. The summed E-state index contributed by atoms with van der Waals surface area (Å²) in [7, 11) is 2.56. The Morgan fingerprint density at radius 3 is 2.40 bits per heavy atom. The number of hydrogen-bond acceptors (Lipinski definition) is 1. The van der Waals surface area contributed by atoms with Crippen LogP contribution in [0.3, 0.4) is 0 Å². The van der Waals surface area contributed by atoms with Crippen molar-refractivity contribution in [1.82, 2.24) is 0 Å². The number of hydrogen-bond donors (Lipinski definition) is 1. The zero-order valence-electron chi connectivity index (χ0n) is 9.50. The van der Waals surface area contributed by atoms with Crippen molar-refractivity contribution in [2.24, 2.45) is 0 Å². The van der Waals surface area contributed by atoms with Crippen LogP contribution in [-0.2, 0) is 4.79 Å². The van der Waals surface area contributed by atoms with Gasteiger partial charge in [-0.2, -0.15) is 0 Å². The first-order valence-electron chi connectivity index (χ1n) is 5.19. The van der Waals surface area contributed by atoms with E-state index in [4.69, 9.17) is 0 Å². The fourth-order valence-corrected chi connectivity index (χ4v) is 1.50. The third-order valence-electron chi connectivity index (χ3n) is 2.51. The van der Waals surface area contributed by atoms with E-state index in [2.05, 4.69) is 14.6 Å². The van der Waals surface area contributed by atoms with Crippen molar-refractivity contribution in [2.75, 3.05) is 5.32 Å². The largest absolute Gasteiger partial charge is 0.325 e. The molecule has 0 spiro atoms. The van der Waals surface area contributed by atoms with Crippen molar-refractivity contribution in [3.8, 4) is 0 Å². The molecular formula is C12H18NOP. The van der Waals surface area contributed by atoms with Gasteiger partial charge in [0.2, 0.25) is 5.91 Å². The van der Waals surface area contributed by atoms with E-state index in [1.807, 2.05) is 39.0 Å². The van der Waals surface area contributed by atoms with Gasteiger partial charge in [0.15, 0.2) is 0 Å². The number of aryl methyl sites for hydroxylation is 2. The smallest absolute Gasteiger partial charge is 0.231 e. The molecule has 2 nitrogen and oxygen atoms in total. The Hall–Kier alpha value is -0.880. The molecule has 2 unspecified atom stereocenters. The third kappa shape index (κ3) is 3.04. The monoisotopic (exact) mass is 223 g/mol. The van der Waals surface area contributed by atoms with Crippen LogP contribution in [-0.4, -0.2) is 11.6 Å². The third-order valence-corrected chi connectivity index (χ3v) is 3.28. The average molecular weight is 223 g/mol.